The molecule has 1 aromatic rings. The molecule has 0 aromatic heterocycles. The number of sulfonamides is 1. The van der Waals surface area contributed by atoms with E-state index >= 15 is 0 Å². The summed E-state index contributed by atoms with van der Waals surface area (Å²) in [5, 5.41) is 4.44. The maximum Gasteiger partial charge on any atom is 0.271 e. The van der Waals surface area contributed by atoms with Crippen molar-refractivity contribution in [3.8, 4) is 0 Å². The van der Waals surface area contributed by atoms with E-state index in [1.807, 2.05) is 0 Å². The summed E-state index contributed by atoms with van der Waals surface area (Å²) < 4.78 is 26.7. The highest BCUT2D eigenvalue weighted by Crippen LogP contribution is 2.31. The maximum absolute atomic E-state index is 12.6. The van der Waals surface area contributed by atoms with E-state index < -0.39 is 10.0 Å². The topological polar surface area (TPSA) is 78.8 Å². The molecule has 1 saturated heterocycles. The molecule has 3 rings (SSSR count). The molecule has 1 aliphatic carbocycles. The lowest BCUT2D eigenvalue weighted by atomic mass is 9.76. The Morgan fingerprint density at radius 2 is 1.79 bits per heavy atom. The number of hydrogen-bond donors (Lipinski definition) is 1. The fourth-order valence-electron chi connectivity index (χ4n) is 4.13. The van der Waals surface area contributed by atoms with E-state index in [9.17, 15) is 13.2 Å². The zero-order valence-corrected chi connectivity index (χ0v) is 17.8. The van der Waals surface area contributed by atoms with Crippen LogP contribution in [-0.2, 0) is 10.0 Å². The van der Waals surface area contributed by atoms with Crippen LogP contribution in [0.4, 0.5) is 0 Å². The van der Waals surface area contributed by atoms with E-state index in [0.29, 0.717) is 36.4 Å². The number of nitrogens with zero attached hydrogens (tertiary/aromatic N) is 2. The summed E-state index contributed by atoms with van der Waals surface area (Å²) in [6.07, 6.45) is 5.02. The first kappa shape index (κ1) is 21.0. The summed E-state index contributed by atoms with van der Waals surface area (Å²) >= 11 is 0. The third kappa shape index (κ3) is 4.63. The van der Waals surface area contributed by atoms with Crippen molar-refractivity contribution >= 4 is 21.6 Å². The highest BCUT2D eigenvalue weighted by atomic mass is 32.2. The molecule has 1 saturated carbocycles. The third-order valence-corrected chi connectivity index (χ3v) is 7.79. The molecule has 2 fully saturated rings. The molecule has 154 valence electrons. The second-order valence-corrected chi connectivity index (χ2v) is 10.4. The van der Waals surface area contributed by atoms with Crippen LogP contribution in [-0.4, -0.2) is 37.4 Å². The Hall–Kier alpha value is -1.73. The molecule has 1 aliphatic heterocycles. The summed E-state index contributed by atoms with van der Waals surface area (Å²) in [5.41, 5.74) is 4.15. The van der Waals surface area contributed by atoms with E-state index in [0.717, 1.165) is 31.4 Å². The van der Waals surface area contributed by atoms with Crippen LogP contribution >= 0.6 is 0 Å². The zero-order chi connectivity index (χ0) is 20.3. The third-order valence-electron chi connectivity index (χ3n) is 5.88. The summed E-state index contributed by atoms with van der Waals surface area (Å²) in [5.74, 6) is 1.18. The Morgan fingerprint density at radius 3 is 2.39 bits per heavy atom. The molecule has 28 heavy (non-hydrogen) atoms. The van der Waals surface area contributed by atoms with Gasteiger partial charge >= 0.3 is 0 Å². The summed E-state index contributed by atoms with van der Waals surface area (Å²) in [7, 11) is -3.46. The van der Waals surface area contributed by atoms with E-state index in [2.05, 4.69) is 31.3 Å². The molecular formula is C21H31N3O3S. The van der Waals surface area contributed by atoms with Crippen LogP contribution in [0.5, 0.6) is 0 Å². The largest absolute Gasteiger partial charge is 0.271 e. The van der Waals surface area contributed by atoms with Gasteiger partial charge in [-0.3, -0.25) is 4.79 Å². The van der Waals surface area contributed by atoms with E-state index in [1.165, 1.54) is 22.9 Å². The van der Waals surface area contributed by atoms with Crippen LogP contribution in [0.2, 0.25) is 0 Å². The lowest BCUT2D eigenvalue weighted by Crippen LogP contribution is -2.31. The van der Waals surface area contributed by atoms with Crippen molar-refractivity contribution in [2.45, 2.75) is 57.8 Å². The van der Waals surface area contributed by atoms with Crippen LogP contribution in [0, 0.1) is 17.8 Å². The number of carbonyl (C=O) groups excluding carboxylic acids is 1. The highest BCUT2D eigenvalue weighted by Gasteiger charge is 2.28. The minimum atomic E-state index is -3.46. The standard InChI is InChI=1S/C21H31N3O3S/c1-15(2)19-11-6-16(3)14-20(19)22-23-21(25)17-7-9-18(10-8-17)28(26,27)24-12-4-5-13-24/h7-10,15-16,19H,4-6,11-14H2,1-3H3,(H,23,25)/t16-,19-/m1/s1. The van der Waals surface area contributed by atoms with Crippen molar-refractivity contribution in [2.24, 2.45) is 22.9 Å². The molecule has 6 nitrogen and oxygen atoms in total. The molecule has 0 bridgehead atoms. The Bertz CT molecular complexity index is 825. The van der Waals surface area contributed by atoms with Crippen LogP contribution in [0.25, 0.3) is 0 Å². The van der Waals surface area contributed by atoms with Crippen molar-refractivity contribution in [2.75, 3.05) is 13.1 Å². The molecule has 2 atom stereocenters. The number of hydrogen-bond acceptors (Lipinski definition) is 4. The molecule has 2 aliphatic rings. The van der Waals surface area contributed by atoms with Crippen LogP contribution in [0.3, 0.4) is 0 Å². The van der Waals surface area contributed by atoms with Gasteiger partial charge in [0.2, 0.25) is 10.0 Å². The molecule has 0 unspecified atom stereocenters. The number of benzene rings is 1. The van der Waals surface area contributed by atoms with Gasteiger partial charge in [0.1, 0.15) is 0 Å². The van der Waals surface area contributed by atoms with Gasteiger partial charge in [0, 0.05) is 30.3 Å². The number of nitrogens with one attached hydrogen (secondary N) is 1. The average molecular weight is 406 g/mol. The van der Waals surface area contributed by atoms with Crippen molar-refractivity contribution in [3.63, 3.8) is 0 Å². The molecule has 1 heterocycles. The van der Waals surface area contributed by atoms with Gasteiger partial charge in [-0.2, -0.15) is 9.41 Å². The molecule has 1 N–H and O–H groups in total. The first-order valence-corrected chi connectivity index (χ1v) is 11.7. The second kappa shape index (κ2) is 8.74. The van der Waals surface area contributed by atoms with E-state index in [-0.39, 0.29) is 10.8 Å². The van der Waals surface area contributed by atoms with Crippen LogP contribution in [0.15, 0.2) is 34.3 Å². The molecule has 1 aromatic carbocycles. The second-order valence-electron chi connectivity index (χ2n) is 8.42. The quantitative estimate of drug-likeness (QED) is 0.760. The minimum absolute atomic E-state index is 0.234. The fourth-order valence-corrected chi connectivity index (χ4v) is 5.65. The summed E-state index contributed by atoms with van der Waals surface area (Å²) in [4.78, 5) is 12.7. The average Bonchev–Trinajstić information content (AvgIpc) is 3.21. The molecule has 7 heteroatoms. The Balaban J connectivity index is 1.69. The van der Waals surface area contributed by atoms with Gasteiger partial charge in [-0.05, 0) is 68.2 Å². The van der Waals surface area contributed by atoms with Gasteiger partial charge in [-0.15, -0.1) is 0 Å². The van der Waals surface area contributed by atoms with Gasteiger partial charge in [-0.1, -0.05) is 20.8 Å². The predicted molar refractivity (Wildman–Crippen MR) is 111 cm³/mol. The maximum atomic E-state index is 12.6. The summed E-state index contributed by atoms with van der Waals surface area (Å²) in [6.45, 7) is 7.73. The van der Waals surface area contributed by atoms with Gasteiger partial charge < -0.3 is 0 Å². The number of carbonyl (C=O) groups is 1. The normalized spacial score (nSPS) is 25.4. The van der Waals surface area contributed by atoms with Crippen molar-refractivity contribution < 1.29 is 13.2 Å². The van der Waals surface area contributed by atoms with Crippen molar-refractivity contribution in [1.82, 2.24) is 9.73 Å². The Kier molecular flexibility index (Phi) is 6.55. The lowest BCUT2D eigenvalue weighted by molar-refractivity contribution is 0.0954. The van der Waals surface area contributed by atoms with Gasteiger partial charge in [0.15, 0.2) is 0 Å². The molecule has 0 radical (unpaired) electrons. The predicted octanol–water partition coefficient (Wildman–Crippen LogP) is 3.65. The SMILES string of the molecule is CC(C)[C@H]1CC[C@@H](C)CC1=NNC(=O)c1ccc(S(=O)(=O)N2CCCC2)cc1. The van der Waals surface area contributed by atoms with Gasteiger partial charge in [0.25, 0.3) is 5.91 Å². The molecule has 0 spiro atoms. The first-order chi connectivity index (χ1) is 13.3. The Labute approximate surface area is 168 Å². The monoisotopic (exact) mass is 405 g/mol. The lowest BCUT2D eigenvalue weighted by Gasteiger charge is -2.30. The van der Waals surface area contributed by atoms with Crippen LogP contribution in [0.1, 0.15) is 63.2 Å². The fraction of sp³-hybridized carbons (Fsp3) is 0.619. The number of rotatable bonds is 5. The van der Waals surface area contributed by atoms with Crippen LogP contribution < -0.4 is 5.43 Å². The molecule has 1 amide bonds. The van der Waals surface area contributed by atoms with E-state index in [1.54, 1.807) is 12.1 Å². The first-order valence-electron chi connectivity index (χ1n) is 10.3. The number of hydrazone groups is 1. The smallest absolute Gasteiger partial charge is 0.267 e. The van der Waals surface area contributed by atoms with Crippen molar-refractivity contribution in [1.29, 1.82) is 0 Å². The highest BCUT2D eigenvalue weighted by molar-refractivity contribution is 7.89. The van der Waals surface area contributed by atoms with Gasteiger partial charge in [0.05, 0.1) is 4.90 Å². The van der Waals surface area contributed by atoms with E-state index in [4.69, 9.17) is 0 Å². The van der Waals surface area contributed by atoms with Gasteiger partial charge in [-0.25, -0.2) is 13.8 Å². The molecular weight excluding hydrogens is 374 g/mol. The summed E-state index contributed by atoms with van der Waals surface area (Å²) in [6, 6.07) is 6.13. The Morgan fingerprint density at radius 1 is 1.14 bits per heavy atom. The number of amides is 1. The van der Waals surface area contributed by atoms with Crippen molar-refractivity contribution in [3.05, 3.63) is 29.8 Å². The minimum Gasteiger partial charge on any atom is -0.267 e. The zero-order valence-electron chi connectivity index (χ0n) is 17.0.